The highest BCUT2D eigenvalue weighted by atomic mass is 16.2. The third-order valence-electron chi connectivity index (χ3n) is 4.33. The summed E-state index contributed by atoms with van der Waals surface area (Å²) in [5.74, 6) is 0.881. The minimum atomic E-state index is 0.145. The van der Waals surface area contributed by atoms with Crippen molar-refractivity contribution in [3.05, 3.63) is 54.4 Å². The Kier molecular flexibility index (Phi) is 5.38. The molecule has 2 aromatic rings. The van der Waals surface area contributed by atoms with E-state index in [-0.39, 0.29) is 11.9 Å². The predicted molar refractivity (Wildman–Crippen MR) is 93.7 cm³/mol. The molecule has 1 amide bonds. The molecule has 3 rings (SSSR count). The van der Waals surface area contributed by atoms with E-state index in [0.29, 0.717) is 19.6 Å². The largest absolute Gasteiger partial charge is 0.338 e. The van der Waals surface area contributed by atoms with E-state index in [1.165, 1.54) is 5.56 Å². The smallest absolute Gasteiger partial charge is 0.236 e. The Hall–Kier alpha value is -2.47. The van der Waals surface area contributed by atoms with Crippen LogP contribution in [0, 0.1) is 0 Å². The van der Waals surface area contributed by atoms with Crippen molar-refractivity contribution in [1.82, 2.24) is 20.2 Å². The summed E-state index contributed by atoms with van der Waals surface area (Å²) in [6, 6.07) is 12.1. The van der Waals surface area contributed by atoms with Crippen LogP contribution in [-0.2, 0) is 4.79 Å². The van der Waals surface area contributed by atoms with Crippen molar-refractivity contribution in [2.24, 2.45) is 0 Å². The lowest BCUT2D eigenvalue weighted by atomic mass is 10.1. The predicted octanol–water partition coefficient (Wildman–Crippen LogP) is 1.48. The van der Waals surface area contributed by atoms with Crippen molar-refractivity contribution in [1.29, 1.82) is 0 Å². The van der Waals surface area contributed by atoms with Crippen LogP contribution in [0.2, 0.25) is 0 Å². The first-order valence-corrected chi connectivity index (χ1v) is 8.32. The maximum Gasteiger partial charge on any atom is 0.236 e. The normalized spacial score (nSPS) is 16.0. The van der Waals surface area contributed by atoms with Crippen molar-refractivity contribution < 1.29 is 4.79 Å². The fourth-order valence-corrected chi connectivity index (χ4v) is 2.82. The van der Waals surface area contributed by atoms with E-state index in [1.54, 1.807) is 12.4 Å². The molecule has 0 bridgehead atoms. The standard InChI is InChI=1S/C18H23N5O/c1-15(16-6-3-2-4-7-16)21-14-17(24)22-10-12-23(13-11-22)18-19-8-5-9-20-18/h2-9,15,21H,10-14H2,1H3. The van der Waals surface area contributed by atoms with Gasteiger partial charge in [-0.2, -0.15) is 0 Å². The third-order valence-corrected chi connectivity index (χ3v) is 4.33. The first-order valence-electron chi connectivity index (χ1n) is 8.32. The third kappa shape index (κ3) is 4.08. The summed E-state index contributed by atoms with van der Waals surface area (Å²) in [7, 11) is 0. The lowest BCUT2D eigenvalue weighted by Gasteiger charge is -2.35. The van der Waals surface area contributed by atoms with Gasteiger partial charge in [-0.1, -0.05) is 30.3 Å². The molecule has 1 saturated heterocycles. The number of nitrogens with zero attached hydrogens (tertiary/aromatic N) is 4. The summed E-state index contributed by atoms with van der Waals surface area (Å²) in [4.78, 5) is 24.9. The lowest BCUT2D eigenvalue weighted by molar-refractivity contribution is -0.130. The number of carbonyl (C=O) groups excluding carboxylic acids is 1. The van der Waals surface area contributed by atoms with Crippen molar-refractivity contribution in [3.8, 4) is 0 Å². The zero-order valence-electron chi connectivity index (χ0n) is 13.9. The number of anilines is 1. The average Bonchev–Trinajstić information content (AvgIpc) is 2.67. The molecule has 1 aliphatic rings. The van der Waals surface area contributed by atoms with Gasteiger partial charge in [0.15, 0.2) is 0 Å². The molecule has 1 unspecified atom stereocenters. The van der Waals surface area contributed by atoms with Gasteiger partial charge in [0.2, 0.25) is 11.9 Å². The molecule has 0 saturated carbocycles. The lowest BCUT2D eigenvalue weighted by Crippen LogP contribution is -2.51. The van der Waals surface area contributed by atoms with Gasteiger partial charge in [0.1, 0.15) is 0 Å². The van der Waals surface area contributed by atoms with Gasteiger partial charge >= 0.3 is 0 Å². The molecule has 1 atom stereocenters. The summed E-state index contributed by atoms with van der Waals surface area (Å²) < 4.78 is 0. The van der Waals surface area contributed by atoms with Crippen LogP contribution in [0.5, 0.6) is 0 Å². The van der Waals surface area contributed by atoms with Gasteiger partial charge in [-0.05, 0) is 18.6 Å². The van der Waals surface area contributed by atoms with Gasteiger partial charge in [0, 0.05) is 44.6 Å². The number of benzene rings is 1. The summed E-state index contributed by atoms with van der Waals surface area (Å²) in [6.45, 7) is 5.39. The van der Waals surface area contributed by atoms with Crippen molar-refractivity contribution >= 4 is 11.9 Å². The number of nitrogens with one attached hydrogen (secondary N) is 1. The van der Waals surface area contributed by atoms with E-state index >= 15 is 0 Å². The summed E-state index contributed by atoms with van der Waals surface area (Å²) >= 11 is 0. The van der Waals surface area contributed by atoms with Crippen LogP contribution >= 0.6 is 0 Å². The second-order valence-electron chi connectivity index (χ2n) is 5.93. The van der Waals surface area contributed by atoms with Crippen LogP contribution in [0.15, 0.2) is 48.8 Å². The molecule has 0 radical (unpaired) electrons. The number of aromatic nitrogens is 2. The Bertz CT molecular complexity index is 641. The number of amides is 1. The fraction of sp³-hybridized carbons (Fsp3) is 0.389. The van der Waals surface area contributed by atoms with Crippen LogP contribution in [-0.4, -0.2) is 53.5 Å². The average molecular weight is 325 g/mol. The van der Waals surface area contributed by atoms with E-state index in [0.717, 1.165) is 19.0 Å². The van der Waals surface area contributed by atoms with Crippen molar-refractivity contribution in [2.75, 3.05) is 37.6 Å². The van der Waals surface area contributed by atoms with Crippen LogP contribution in [0.4, 0.5) is 5.95 Å². The van der Waals surface area contributed by atoms with Crippen molar-refractivity contribution in [2.45, 2.75) is 13.0 Å². The molecule has 6 nitrogen and oxygen atoms in total. The van der Waals surface area contributed by atoms with Gasteiger partial charge < -0.3 is 15.1 Å². The van der Waals surface area contributed by atoms with E-state index in [1.807, 2.05) is 29.2 Å². The van der Waals surface area contributed by atoms with Crippen LogP contribution < -0.4 is 10.2 Å². The molecule has 6 heteroatoms. The number of piperazine rings is 1. The highest BCUT2D eigenvalue weighted by Gasteiger charge is 2.22. The molecule has 1 fully saturated rings. The van der Waals surface area contributed by atoms with Gasteiger partial charge in [0.05, 0.1) is 6.54 Å². The quantitative estimate of drug-likeness (QED) is 0.902. The van der Waals surface area contributed by atoms with E-state index in [9.17, 15) is 4.79 Å². The summed E-state index contributed by atoms with van der Waals surface area (Å²) in [6.07, 6.45) is 3.49. The van der Waals surface area contributed by atoms with Crippen molar-refractivity contribution in [3.63, 3.8) is 0 Å². The Balaban J connectivity index is 1.45. The number of carbonyl (C=O) groups is 1. The van der Waals surface area contributed by atoms with E-state index in [2.05, 4.69) is 39.2 Å². The molecule has 1 aliphatic heterocycles. The first-order chi connectivity index (χ1) is 11.7. The topological polar surface area (TPSA) is 61.4 Å². The highest BCUT2D eigenvalue weighted by molar-refractivity contribution is 5.78. The maximum atomic E-state index is 12.4. The van der Waals surface area contributed by atoms with Gasteiger partial charge in [-0.25, -0.2) is 9.97 Å². The fourth-order valence-electron chi connectivity index (χ4n) is 2.82. The Morgan fingerprint density at radius 3 is 2.42 bits per heavy atom. The zero-order valence-corrected chi connectivity index (χ0v) is 13.9. The summed E-state index contributed by atoms with van der Waals surface area (Å²) in [5.41, 5.74) is 1.19. The minimum Gasteiger partial charge on any atom is -0.338 e. The number of hydrogen-bond donors (Lipinski definition) is 1. The van der Waals surface area contributed by atoms with Crippen LogP contribution in [0.25, 0.3) is 0 Å². The Morgan fingerprint density at radius 1 is 1.08 bits per heavy atom. The molecule has 1 N–H and O–H groups in total. The molecule has 0 aliphatic carbocycles. The van der Waals surface area contributed by atoms with Crippen LogP contribution in [0.1, 0.15) is 18.5 Å². The second kappa shape index (κ2) is 7.88. The van der Waals surface area contributed by atoms with Gasteiger partial charge in [-0.15, -0.1) is 0 Å². The number of rotatable bonds is 5. The molecule has 1 aromatic carbocycles. The maximum absolute atomic E-state index is 12.4. The SMILES string of the molecule is CC(NCC(=O)N1CCN(c2ncccn2)CC1)c1ccccc1. The molecule has 1 aromatic heterocycles. The molecular weight excluding hydrogens is 302 g/mol. The first kappa shape index (κ1) is 16.4. The highest BCUT2D eigenvalue weighted by Crippen LogP contribution is 2.12. The Labute approximate surface area is 142 Å². The molecule has 126 valence electrons. The second-order valence-corrected chi connectivity index (χ2v) is 5.93. The van der Waals surface area contributed by atoms with E-state index in [4.69, 9.17) is 0 Å². The monoisotopic (exact) mass is 325 g/mol. The molecule has 2 heterocycles. The van der Waals surface area contributed by atoms with E-state index < -0.39 is 0 Å². The molecular formula is C18H23N5O. The molecule has 24 heavy (non-hydrogen) atoms. The van der Waals surface area contributed by atoms with Gasteiger partial charge in [-0.3, -0.25) is 4.79 Å². The van der Waals surface area contributed by atoms with Gasteiger partial charge in [0.25, 0.3) is 0 Å². The number of hydrogen-bond acceptors (Lipinski definition) is 5. The summed E-state index contributed by atoms with van der Waals surface area (Å²) in [5, 5.41) is 3.31. The Morgan fingerprint density at radius 2 is 1.75 bits per heavy atom. The van der Waals surface area contributed by atoms with Crippen LogP contribution in [0.3, 0.4) is 0 Å². The minimum absolute atomic E-state index is 0.145. The zero-order chi connectivity index (χ0) is 16.8. The molecule has 0 spiro atoms.